The van der Waals surface area contributed by atoms with Crippen molar-refractivity contribution >= 4 is 58.6 Å². The number of ether oxygens (including phenoxy) is 7. The summed E-state index contributed by atoms with van der Waals surface area (Å²) in [5, 5.41) is 54.8. The number of hydrogen-bond donors (Lipinski definition) is 7. The van der Waals surface area contributed by atoms with Crippen molar-refractivity contribution in [1.82, 2.24) is 30.2 Å². The molecule has 5 heterocycles. The molecule has 0 unspecified atom stereocenters. The van der Waals surface area contributed by atoms with Crippen LogP contribution in [0.3, 0.4) is 0 Å². The number of nitrogens with zero attached hydrogens (tertiary/aromatic N) is 4. The van der Waals surface area contributed by atoms with E-state index in [1.807, 2.05) is 11.8 Å². The number of likely N-dealkylation sites (N-methyl/N-ethyl adjacent to an activating group) is 1. The van der Waals surface area contributed by atoms with E-state index in [4.69, 9.17) is 33.2 Å². The Bertz CT molecular complexity index is 3310. The van der Waals surface area contributed by atoms with E-state index in [1.165, 1.54) is 32.3 Å². The predicted octanol–water partition coefficient (Wildman–Crippen LogP) is 3.71. The van der Waals surface area contributed by atoms with Gasteiger partial charge >= 0.3 is 6.09 Å². The van der Waals surface area contributed by atoms with Gasteiger partial charge in [0, 0.05) is 106 Å². The highest BCUT2D eigenvalue weighted by Gasteiger charge is 2.55. The van der Waals surface area contributed by atoms with Crippen LogP contribution >= 0.6 is 0 Å². The van der Waals surface area contributed by atoms with Gasteiger partial charge in [-0.15, -0.1) is 0 Å². The summed E-state index contributed by atoms with van der Waals surface area (Å²) in [6, 6.07) is 9.02. The van der Waals surface area contributed by atoms with Crippen molar-refractivity contribution in [2.45, 2.75) is 159 Å². The molecule has 10 atom stereocenters. The van der Waals surface area contributed by atoms with Crippen molar-refractivity contribution in [3.8, 4) is 17.2 Å². The maximum Gasteiger partial charge on any atom is 0.410 e. The second-order valence-corrected chi connectivity index (χ2v) is 24.5. The summed E-state index contributed by atoms with van der Waals surface area (Å²) in [5.74, 6) is -4.55. The number of unbranched alkanes of at least 4 members (excludes halogenated alkanes) is 2. The maximum atomic E-state index is 14.7. The fourth-order valence-electron chi connectivity index (χ4n) is 13.3. The number of rotatable bonds is 22. The Kier molecular flexibility index (Phi) is 19.9. The number of carbonyl (C=O) groups is 8. The molecule has 4 fully saturated rings. The number of nitrogens with one attached hydrogen (secondary N) is 4. The van der Waals surface area contributed by atoms with Crippen LogP contribution in [-0.2, 0) is 70.2 Å². The zero-order chi connectivity index (χ0) is 64.5. The number of aromatic hydroxyl groups is 2. The number of phenols is 2. The van der Waals surface area contributed by atoms with Crippen LogP contribution in [0, 0.1) is 11.3 Å². The molecule has 5 aliphatic heterocycles. The number of ketones is 2. The van der Waals surface area contributed by atoms with E-state index in [0.717, 1.165) is 4.90 Å². The van der Waals surface area contributed by atoms with E-state index in [1.54, 1.807) is 69.3 Å². The van der Waals surface area contributed by atoms with Crippen LogP contribution < -0.4 is 20.7 Å². The number of likely N-dealkylation sites (tertiary alicyclic amines) is 1. The molecule has 4 saturated heterocycles. The van der Waals surface area contributed by atoms with Crippen LogP contribution in [0.5, 0.6) is 17.2 Å². The van der Waals surface area contributed by atoms with Crippen molar-refractivity contribution in [3.05, 3.63) is 93.6 Å². The number of imide groups is 1. The lowest BCUT2D eigenvalue weighted by atomic mass is 9.71. The van der Waals surface area contributed by atoms with Crippen LogP contribution in [-0.4, -0.2) is 209 Å². The topological polar surface area (TPSA) is 335 Å². The lowest BCUT2D eigenvalue weighted by molar-refractivity contribution is -0.256. The van der Waals surface area contributed by atoms with Crippen molar-refractivity contribution in [1.29, 1.82) is 5.41 Å². The molecule has 26 nitrogen and oxygen atoms in total. The highest BCUT2D eigenvalue weighted by molar-refractivity contribution is 6.32. The molecule has 0 spiro atoms. The minimum absolute atomic E-state index is 0.0175. The molecule has 7 N–H and O–H groups in total. The molecule has 7 aliphatic rings. The van der Waals surface area contributed by atoms with Gasteiger partial charge in [-0.25, -0.2) is 4.79 Å². The molecule has 26 heteroatoms. The molecule has 0 saturated carbocycles. The fraction of sp³-hybridized carbons (Fsp3) is 0.547. The molecule has 3 aromatic carbocycles. The average Bonchev–Trinajstić information content (AvgIpc) is 0.825. The van der Waals surface area contributed by atoms with E-state index in [-0.39, 0.29) is 126 Å². The smallest absolute Gasteiger partial charge is 0.410 e. The molecule has 2 aliphatic carbocycles. The molecule has 6 amide bonds. The zero-order valence-electron chi connectivity index (χ0n) is 51.6. The number of methoxy groups -OCH3 is 2. The standard InChI is InChI=1S/C64H80N8O18/c1-33(2)54(68-45(74)14-9-8-10-23-72-46(75)19-20-47(72)76)60(81)66-34(3)59(80)67-37-17-15-36(16-18-37)32-87-63(82)70-24-21-38(22-25-70)69(5)31-44(73)64(83)29-40-50(57(79)51-52(56(40)78)55(77)39-12-11-13-42(84-6)49(39)53(51)65)43(30-64)89-48-28-41-58(35(4)88-48)90-61-62(85-7)86-27-26-71(41)61/h11-13,15-20,33-35,38,41,43,48,54,58,61-62,65,78-79,83H,8-10,14,21-32H2,1-7H3,(H,66,81)(H,67,80)(H,68,74)/t34-,35-,41-,43-,48-,54-,58+,61+,62-,64-/m0/s1. The Hall–Kier alpha value is -7.69. The predicted molar refractivity (Wildman–Crippen MR) is 320 cm³/mol. The minimum Gasteiger partial charge on any atom is -0.507 e. The first-order valence-corrected chi connectivity index (χ1v) is 30.7. The molecular formula is C64H80N8O18. The van der Waals surface area contributed by atoms with E-state index in [0.29, 0.717) is 69.6 Å². The Balaban J connectivity index is 0.719. The Morgan fingerprint density at radius 1 is 0.878 bits per heavy atom. The molecule has 90 heavy (non-hydrogen) atoms. The van der Waals surface area contributed by atoms with E-state index < -0.39 is 96.1 Å². The molecule has 484 valence electrons. The first-order chi connectivity index (χ1) is 43.0. The summed E-state index contributed by atoms with van der Waals surface area (Å²) in [4.78, 5) is 112. The van der Waals surface area contributed by atoms with Crippen LogP contribution in [0.2, 0.25) is 0 Å². The monoisotopic (exact) mass is 1250 g/mol. The van der Waals surface area contributed by atoms with Gasteiger partial charge in [-0.2, -0.15) is 0 Å². The lowest BCUT2D eigenvalue weighted by Crippen LogP contribution is -2.55. The zero-order valence-corrected chi connectivity index (χ0v) is 51.6. The maximum absolute atomic E-state index is 14.7. The molecule has 3 aromatic rings. The van der Waals surface area contributed by atoms with Crippen molar-refractivity contribution in [2.24, 2.45) is 5.92 Å². The number of hydrogen-bond acceptors (Lipinski definition) is 21. The van der Waals surface area contributed by atoms with Crippen molar-refractivity contribution in [2.75, 3.05) is 65.9 Å². The second-order valence-electron chi connectivity index (χ2n) is 24.5. The number of fused-ring (bicyclic) bond motifs is 6. The van der Waals surface area contributed by atoms with Gasteiger partial charge in [-0.3, -0.25) is 53.7 Å². The van der Waals surface area contributed by atoms with Gasteiger partial charge in [0.25, 0.3) is 11.8 Å². The third-order valence-corrected chi connectivity index (χ3v) is 18.3. The number of amides is 6. The third kappa shape index (κ3) is 13.4. The second kappa shape index (κ2) is 27.4. The SMILES string of the molecule is COc1cccc2c1C(=N)c1c(O)c3c(c(O)c1C2=O)C[C@@](O)(C(=O)CN(C)C1CCN(C(=O)OCc2ccc(NC(=O)[C@H](C)NC(=O)[C@@H](NC(=O)CCCCCN4C(=O)C=CC4=O)C(C)C)cc2)CC1)C[C@@H]3O[C@H]1C[C@H]2[C@H](O[C@@H]3[C@@H](OC)OCCN32)[C@H](C)O1. The minimum atomic E-state index is -2.20. The van der Waals surface area contributed by atoms with Crippen LogP contribution in [0.4, 0.5) is 10.5 Å². The number of benzene rings is 3. The van der Waals surface area contributed by atoms with Gasteiger partial charge in [0.15, 0.2) is 30.4 Å². The van der Waals surface area contributed by atoms with Crippen LogP contribution in [0.15, 0.2) is 54.6 Å². The number of carbonyl (C=O) groups excluding carboxylic acids is 8. The largest absolute Gasteiger partial charge is 0.507 e. The molecule has 10 rings (SSSR count). The summed E-state index contributed by atoms with van der Waals surface area (Å²) >= 11 is 0. The fourth-order valence-corrected chi connectivity index (χ4v) is 13.3. The normalized spacial score (nSPS) is 25.5. The first kappa shape index (κ1) is 65.3. The summed E-state index contributed by atoms with van der Waals surface area (Å²) in [6.45, 7) is 8.41. The number of anilines is 1. The van der Waals surface area contributed by atoms with Gasteiger partial charge < -0.3 is 69.3 Å². The summed E-state index contributed by atoms with van der Waals surface area (Å²) in [6.07, 6.45) is -0.303. The quantitative estimate of drug-likeness (QED) is 0.0335. The number of aliphatic hydroxyl groups is 1. The summed E-state index contributed by atoms with van der Waals surface area (Å²) < 4.78 is 42.2. The number of phenolic OH excluding ortho intramolecular Hbond substituents is 2. The number of Topliss-reactive ketones (excluding diaryl/α,β-unsaturated/α-hetero) is 1. The van der Waals surface area contributed by atoms with E-state index in [2.05, 4.69) is 20.9 Å². The van der Waals surface area contributed by atoms with Gasteiger partial charge in [0.05, 0.1) is 54.9 Å². The lowest BCUT2D eigenvalue weighted by Gasteiger charge is -2.44. The van der Waals surface area contributed by atoms with Gasteiger partial charge in [0.1, 0.15) is 47.6 Å². The molecular weight excluding hydrogens is 1170 g/mol. The van der Waals surface area contributed by atoms with Gasteiger partial charge in [-0.05, 0) is 76.3 Å². The van der Waals surface area contributed by atoms with Crippen LogP contribution in [0.1, 0.15) is 129 Å². The highest BCUT2D eigenvalue weighted by Crippen LogP contribution is 2.53. The summed E-state index contributed by atoms with van der Waals surface area (Å²) in [5.41, 5.74) is -1.84. The Labute approximate surface area is 520 Å². The van der Waals surface area contributed by atoms with Crippen LogP contribution in [0.25, 0.3) is 0 Å². The van der Waals surface area contributed by atoms with E-state index >= 15 is 0 Å². The third-order valence-electron chi connectivity index (χ3n) is 18.3. The molecule has 0 bridgehead atoms. The Morgan fingerprint density at radius 3 is 2.29 bits per heavy atom. The Morgan fingerprint density at radius 2 is 1.60 bits per heavy atom. The molecule has 0 radical (unpaired) electrons. The highest BCUT2D eigenvalue weighted by atomic mass is 16.7. The van der Waals surface area contributed by atoms with Crippen molar-refractivity contribution in [3.63, 3.8) is 0 Å². The van der Waals surface area contributed by atoms with Crippen molar-refractivity contribution < 1.29 is 86.8 Å². The molecule has 0 aromatic heterocycles. The summed E-state index contributed by atoms with van der Waals surface area (Å²) in [7, 11) is 4.69. The first-order valence-electron chi connectivity index (χ1n) is 30.7. The van der Waals surface area contributed by atoms with E-state index in [9.17, 15) is 59.1 Å². The average molecular weight is 1250 g/mol. The van der Waals surface area contributed by atoms with Gasteiger partial charge in [-0.1, -0.05) is 44.5 Å². The number of morpholine rings is 1. The number of piperidine rings is 1. The van der Waals surface area contributed by atoms with Gasteiger partial charge in [0.2, 0.25) is 17.7 Å².